The van der Waals surface area contributed by atoms with Gasteiger partial charge in [-0.1, -0.05) is 6.92 Å². The Bertz CT molecular complexity index is 124. The molecule has 0 radical (unpaired) electrons. The molecule has 2 heteroatoms. The summed E-state index contributed by atoms with van der Waals surface area (Å²) in [6.07, 6.45) is 4.21. The van der Waals surface area contributed by atoms with E-state index in [2.05, 4.69) is 17.8 Å². The SMILES string of the molecule is CC1CCC2NNCC2C1. The number of hydrazine groups is 1. The molecule has 1 saturated carbocycles. The minimum absolute atomic E-state index is 0.788. The van der Waals surface area contributed by atoms with Crippen molar-refractivity contribution in [2.75, 3.05) is 6.54 Å². The fourth-order valence-corrected chi connectivity index (χ4v) is 2.24. The lowest BCUT2D eigenvalue weighted by Gasteiger charge is -2.28. The molecule has 1 aliphatic heterocycles. The molecule has 0 spiro atoms. The van der Waals surface area contributed by atoms with E-state index in [1.165, 1.54) is 25.8 Å². The average molecular weight is 140 g/mol. The van der Waals surface area contributed by atoms with Crippen molar-refractivity contribution in [1.82, 2.24) is 10.9 Å². The minimum atomic E-state index is 0.788. The van der Waals surface area contributed by atoms with E-state index in [-0.39, 0.29) is 0 Å². The van der Waals surface area contributed by atoms with E-state index in [0.29, 0.717) is 0 Å². The molecule has 0 aromatic rings. The first-order valence-corrected chi connectivity index (χ1v) is 4.34. The first-order valence-electron chi connectivity index (χ1n) is 4.34. The molecule has 2 N–H and O–H groups in total. The highest BCUT2D eigenvalue weighted by molar-refractivity contribution is 4.87. The number of rotatable bonds is 0. The highest BCUT2D eigenvalue weighted by Crippen LogP contribution is 2.30. The summed E-state index contributed by atoms with van der Waals surface area (Å²) in [5, 5.41) is 0. The van der Waals surface area contributed by atoms with Crippen molar-refractivity contribution in [2.24, 2.45) is 11.8 Å². The molecule has 10 heavy (non-hydrogen) atoms. The molecule has 0 amide bonds. The second-order valence-electron chi connectivity index (χ2n) is 3.81. The van der Waals surface area contributed by atoms with E-state index < -0.39 is 0 Å². The standard InChI is InChI=1S/C8H16N2/c1-6-2-3-8-7(4-6)5-9-10-8/h6-10H,2-5H2,1H3. The maximum absolute atomic E-state index is 3.33. The van der Waals surface area contributed by atoms with Gasteiger partial charge < -0.3 is 0 Å². The highest BCUT2D eigenvalue weighted by atomic mass is 15.4. The van der Waals surface area contributed by atoms with Gasteiger partial charge in [-0.15, -0.1) is 0 Å². The van der Waals surface area contributed by atoms with Gasteiger partial charge in [-0.05, 0) is 31.1 Å². The second-order valence-corrected chi connectivity index (χ2v) is 3.81. The van der Waals surface area contributed by atoms with Gasteiger partial charge in [0.15, 0.2) is 0 Å². The molecule has 2 nitrogen and oxygen atoms in total. The van der Waals surface area contributed by atoms with Crippen molar-refractivity contribution in [1.29, 1.82) is 0 Å². The van der Waals surface area contributed by atoms with E-state index in [4.69, 9.17) is 0 Å². The van der Waals surface area contributed by atoms with Crippen LogP contribution in [0.5, 0.6) is 0 Å². The summed E-state index contributed by atoms with van der Waals surface area (Å²) in [6.45, 7) is 3.56. The molecular weight excluding hydrogens is 124 g/mol. The summed E-state index contributed by atoms with van der Waals surface area (Å²) in [5.74, 6) is 1.88. The maximum atomic E-state index is 3.33. The van der Waals surface area contributed by atoms with E-state index in [1.807, 2.05) is 0 Å². The molecule has 1 aliphatic carbocycles. The van der Waals surface area contributed by atoms with Crippen LogP contribution in [0, 0.1) is 11.8 Å². The zero-order valence-electron chi connectivity index (χ0n) is 6.56. The van der Waals surface area contributed by atoms with Crippen molar-refractivity contribution < 1.29 is 0 Å². The lowest BCUT2D eigenvalue weighted by atomic mass is 9.80. The van der Waals surface area contributed by atoms with E-state index in [1.54, 1.807) is 0 Å². The maximum Gasteiger partial charge on any atom is 0.0254 e. The molecule has 2 rings (SSSR count). The fraction of sp³-hybridized carbons (Fsp3) is 1.00. The van der Waals surface area contributed by atoms with Crippen molar-refractivity contribution >= 4 is 0 Å². The summed E-state index contributed by atoms with van der Waals surface area (Å²) >= 11 is 0. The highest BCUT2D eigenvalue weighted by Gasteiger charge is 2.31. The predicted molar refractivity (Wildman–Crippen MR) is 41.4 cm³/mol. The summed E-state index contributed by atoms with van der Waals surface area (Å²) in [6, 6.07) is 0.788. The lowest BCUT2D eigenvalue weighted by Crippen LogP contribution is -2.34. The molecule has 1 saturated heterocycles. The number of hydrogen-bond acceptors (Lipinski definition) is 2. The van der Waals surface area contributed by atoms with E-state index in [0.717, 1.165) is 17.9 Å². The van der Waals surface area contributed by atoms with Gasteiger partial charge >= 0.3 is 0 Å². The summed E-state index contributed by atoms with van der Waals surface area (Å²) in [7, 11) is 0. The first-order chi connectivity index (χ1) is 4.86. The van der Waals surface area contributed by atoms with E-state index in [9.17, 15) is 0 Å². The van der Waals surface area contributed by atoms with Crippen LogP contribution in [-0.4, -0.2) is 12.6 Å². The van der Waals surface area contributed by atoms with Gasteiger partial charge in [0.25, 0.3) is 0 Å². The zero-order chi connectivity index (χ0) is 6.97. The van der Waals surface area contributed by atoms with Crippen molar-refractivity contribution in [3.8, 4) is 0 Å². The lowest BCUT2D eigenvalue weighted by molar-refractivity contribution is 0.267. The normalized spacial score (nSPS) is 47.1. The molecule has 3 unspecified atom stereocenters. The molecule has 0 aromatic heterocycles. The summed E-state index contributed by atoms with van der Waals surface area (Å²) in [5.41, 5.74) is 6.56. The summed E-state index contributed by atoms with van der Waals surface area (Å²) < 4.78 is 0. The van der Waals surface area contributed by atoms with Crippen LogP contribution >= 0.6 is 0 Å². The molecule has 2 fully saturated rings. The Balaban J connectivity index is 1.96. The number of hydrogen-bond donors (Lipinski definition) is 2. The zero-order valence-corrected chi connectivity index (χ0v) is 6.56. The van der Waals surface area contributed by atoms with Crippen LogP contribution in [-0.2, 0) is 0 Å². The van der Waals surface area contributed by atoms with Crippen LogP contribution in [0.2, 0.25) is 0 Å². The molecule has 2 aliphatic rings. The van der Waals surface area contributed by atoms with Crippen LogP contribution in [0.25, 0.3) is 0 Å². The van der Waals surface area contributed by atoms with Crippen molar-refractivity contribution in [3.05, 3.63) is 0 Å². The smallest absolute Gasteiger partial charge is 0.0254 e. The molecular formula is C8H16N2. The Hall–Kier alpha value is -0.0800. The second kappa shape index (κ2) is 2.51. The van der Waals surface area contributed by atoms with Gasteiger partial charge in [-0.2, -0.15) is 0 Å². The molecule has 0 bridgehead atoms. The van der Waals surface area contributed by atoms with Gasteiger partial charge in [0, 0.05) is 12.6 Å². The summed E-state index contributed by atoms with van der Waals surface area (Å²) in [4.78, 5) is 0. The minimum Gasteiger partial charge on any atom is -0.257 e. The Labute approximate surface area is 62.4 Å². The predicted octanol–water partition coefficient (Wildman–Crippen LogP) is 0.899. The van der Waals surface area contributed by atoms with Gasteiger partial charge in [0.1, 0.15) is 0 Å². The number of fused-ring (bicyclic) bond motifs is 1. The molecule has 58 valence electrons. The van der Waals surface area contributed by atoms with Gasteiger partial charge in [0.2, 0.25) is 0 Å². The Morgan fingerprint density at radius 3 is 3.10 bits per heavy atom. The largest absolute Gasteiger partial charge is 0.257 e. The molecule has 1 heterocycles. The van der Waals surface area contributed by atoms with Gasteiger partial charge in [0.05, 0.1) is 0 Å². The van der Waals surface area contributed by atoms with Crippen LogP contribution in [0.4, 0.5) is 0 Å². The third-order valence-electron chi connectivity index (χ3n) is 2.90. The third-order valence-corrected chi connectivity index (χ3v) is 2.90. The van der Waals surface area contributed by atoms with Gasteiger partial charge in [-0.25, -0.2) is 0 Å². The molecule has 3 atom stereocenters. The average Bonchev–Trinajstić information content (AvgIpc) is 2.33. The van der Waals surface area contributed by atoms with Gasteiger partial charge in [-0.3, -0.25) is 10.9 Å². The first kappa shape index (κ1) is 6.62. The van der Waals surface area contributed by atoms with Crippen LogP contribution in [0.15, 0.2) is 0 Å². The Kier molecular flexibility index (Phi) is 1.66. The van der Waals surface area contributed by atoms with Crippen LogP contribution in [0.3, 0.4) is 0 Å². The fourth-order valence-electron chi connectivity index (χ4n) is 2.24. The molecule has 0 aromatic carbocycles. The van der Waals surface area contributed by atoms with Crippen LogP contribution < -0.4 is 10.9 Å². The quantitative estimate of drug-likeness (QED) is 0.522. The Morgan fingerprint density at radius 2 is 2.20 bits per heavy atom. The van der Waals surface area contributed by atoms with Crippen molar-refractivity contribution in [2.45, 2.75) is 32.2 Å². The van der Waals surface area contributed by atoms with Crippen LogP contribution in [0.1, 0.15) is 26.2 Å². The van der Waals surface area contributed by atoms with E-state index >= 15 is 0 Å². The monoisotopic (exact) mass is 140 g/mol. The topological polar surface area (TPSA) is 24.1 Å². The number of nitrogens with one attached hydrogen (secondary N) is 2. The Morgan fingerprint density at radius 1 is 1.30 bits per heavy atom. The third kappa shape index (κ3) is 1.06. The van der Waals surface area contributed by atoms with Crippen molar-refractivity contribution in [3.63, 3.8) is 0 Å².